The Bertz CT molecular complexity index is 615. The molecule has 0 saturated heterocycles. The molecule has 0 saturated carbocycles. The summed E-state index contributed by atoms with van der Waals surface area (Å²) in [7, 11) is 0. The summed E-state index contributed by atoms with van der Waals surface area (Å²) >= 11 is 7.42. The van der Waals surface area contributed by atoms with Crippen LogP contribution in [0.2, 0.25) is 5.02 Å². The summed E-state index contributed by atoms with van der Waals surface area (Å²) in [4.78, 5) is 13.3. The second-order valence-corrected chi connectivity index (χ2v) is 7.50. The highest BCUT2D eigenvalue weighted by molar-refractivity contribution is 8.00. The van der Waals surface area contributed by atoms with Crippen molar-refractivity contribution >= 4 is 29.3 Å². The van der Waals surface area contributed by atoms with Gasteiger partial charge in [0.05, 0.1) is 5.25 Å². The summed E-state index contributed by atoms with van der Waals surface area (Å²) in [5.74, 6) is 0.0745. The zero-order valence-corrected chi connectivity index (χ0v) is 15.0. The highest BCUT2D eigenvalue weighted by atomic mass is 35.5. The van der Waals surface area contributed by atoms with Gasteiger partial charge < -0.3 is 5.32 Å². The average Bonchev–Trinajstić information content (AvgIpc) is 2.56. The molecular formula is C19H22ClNOS. The van der Waals surface area contributed by atoms with Crippen LogP contribution >= 0.6 is 23.4 Å². The first-order valence-electron chi connectivity index (χ1n) is 7.81. The summed E-state index contributed by atoms with van der Waals surface area (Å²) < 4.78 is 0. The minimum atomic E-state index is -0.129. The molecule has 4 heteroatoms. The molecule has 0 unspecified atom stereocenters. The van der Waals surface area contributed by atoms with Crippen molar-refractivity contribution in [2.45, 2.75) is 42.9 Å². The lowest BCUT2D eigenvalue weighted by Crippen LogP contribution is -2.37. The van der Waals surface area contributed by atoms with Crippen LogP contribution < -0.4 is 5.32 Å². The molecule has 0 aliphatic heterocycles. The standard InChI is InChI=1S/C19H22ClNOS/c1-14(8-9-16-6-4-3-5-7-16)21-19(22)15(2)23-18-12-10-17(20)11-13-18/h3-7,10-15H,8-9H2,1-2H3,(H,21,22)/t14-,15-/m0/s1. The molecule has 0 aliphatic carbocycles. The first-order chi connectivity index (χ1) is 11.0. The van der Waals surface area contributed by atoms with Crippen LogP contribution in [0.4, 0.5) is 0 Å². The van der Waals surface area contributed by atoms with Gasteiger partial charge in [-0.3, -0.25) is 4.79 Å². The van der Waals surface area contributed by atoms with Crippen molar-refractivity contribution in [3.8, 4) is 0 Å². The van der Waals surface area contributed by atoms with Gasteiger partial charge in [-0.15, -0.1) is 11.8 Å². The number of carbonyl (C=O) groups is 1. The van der Waals surface area contributed by atoms with E-state index in [-0.39, 0.29) is 17.2 Å². The highest BCUT2D eigenvalue weighted by Gasteiger charge is 2.16. The zero-order chi connectivity index (χ0) is 16.7. The van der Waals surface area contributed by atoms with Gasteiger partial charge in [0, 0.05) is 16.0 Å². The number of rotatable bonds is 7. The van der Waals surface area contributed by atoms with Crippen molar-refractivity contribution in [3.05, 3.63) is 65.2 Å². The Labute approximate surface area is 147 Å². The van der Waals surface area contributed by atoms with Gasteiger partial charge in [0.1, 0.15) is 0 Å². The molecule has 122 valence electrons. The van der Waals surface area contributed by atoms with Crippen molar-refractivity contribution in [1.29, 1.82) is 0 Å². The number of thioether (sulfide) groups is 1. The first-order valence-corrected chi connectivity index (χ1v) is 9.07. The molecule has 0 spiro atoms. The number of aryl methyl sites for hydroxylation is 1. The van der Waals surface area contributed by atoms with Crippen LogP contribution in [0.15, 0.2) is 59.5 Å². The molecule has 0 radical (unpaired) electrons. The topological polar surface area (TPSA) is 29.1 Å². The average molecular weight is 348 g/mol. The van der Waals surface area contributed by atoms with E-state index in [1.54, 1.807) is 11.8 Å². The Morgan fingerprint density at radius 1 is 1.09 bits per heavy atom. The number of benzene rings is 2. The number of hydrogen-bond acceptors (Lipinski definition) is 2. The lowest BCUT2D eigenvalue weighted by atomic mass is 10.1. The molecule has 2 nitrogen and oxygen atoms in total. The molecule has 23 heavy (non-hydrogen) atoms. The van der Waals surface area contributed by atoms with Crippen molar-refractivity contribution in [2.75, 3.05) is 0 Å². The van der Waals surface area contributed by atoms with Crippen LogP contribution in [-0.2, 0) is 11.2 Å². The summed E-state index contributed by atoms with van der Waals surface area (Å²) in [5, 5.41) is 3.68. The van der Waals surface area contributed by atoms with E-state index in [0.717, 1.165) is 17.7 Å². The summed E-state index contributed by atoms with van der Waals surface area (Å²) in [6.45, 7) is 3.99. The first kappa shape index (κ1) is 17.9. The second-order valence-electron chi connectivity index (χ2n) is 5.65. The van der Waals surface area contributed by atoms with Gasteiger partial charge >= 0.3 is 0 Å². The number of halogens is 1. The fourth-order valence-electron chi connectivity index (χ4n) is 2.23. The maximum atomic E-state index is 12.3. The number of hydrogen-bond donors (Lipinski definition) is 1. The van der Waals surface area contributed by atoms with Crippen LogP contribution in [0.25, 0.3) is 0 Å². The zero-order valence-electron chi connectivity index (χ0n) is 13.5. The molecule has 2 atom stereocenters. The molecule has 0 aliphatic rings. The van der Waals surface area contributed by atoms with Crippen molar-refractivity contribution in [3.63, 3.8) is 0 Å². The fourth-order valence-corrected chi connectivity index (χ4v) is 3.23. The molecular weight excluding hydrogens is 326 g/mol. The highest BCUT2D eigenvalue weighted by Crippen LogP contribution is 2.24. The molecule has 0 aromatic heterocycles. The van der Waals surface area contributed by atoms with E-state index in [1.807, 2.05) is 49.4 Å². The molecule has 0 fully saturated rings. The van der Waals surface area contributed by atoms with E-state index in [0.29, 0.717) is 5.02 Å². The molecule has 2 aromatic rings. The maximum absolute atomic E-state index is 12.3. The van der Waals surface area contributed by atoms with E-state index in [4.69, 9.17) is 11.6 Å². The summed E-state index contributed by atoms with van der Waals surface area (Å²) in [6.07, 6.45) is 1.91. The Hall–Kier alpha value is -1.45. The van der Waals surface area contributed by atoms with Crippen LogP contribution in [-0.4, -0.2) is 17.2 Å². The van der Waals surface area contributed by atoms with E-state index in [9.17, 15) is 4.79 Å². The second kappa shape index (κ2) is 8.99. The minimum Gasteiger partial charge on any atom is -0.353 e. The Morgan fingerprint density at radius 3 is 2.39 bits per heavy atom. The van der Waals surface area contributed by atoms with E-state index in [2.05, 4.69) is 24.4 Å². The minimum absolute atomic E-state index is 0.0745. The van der Waals surface area contributed by atoms with Crippen molar-refractivity contribution < 1.29 is 4.79 Å². The van der Waals surface area contributed by atoms with Gasteiger partial charge in [0.15, 0.2) is 0 Å². The molecule has 2 aromatic carbocycles. The van der Waals surface area contributed by atoms with Gasteiger partial charge in [-0.25, -0.2) is 0 Å². The summed E-state index contributed by atoms with van der Waals surface area (Å²) in [5.41, 5.74) is 1.30. The molecule has 0 bridgehead atoms. The van der Waals surface area contributed by atoms with Crippen molar-refractivity contribution in [1.82, 2.24) is 5.32 Å². The van der Waals surface area contributed by atoms with Crippen LogP contribution in [0.3, 0.4) is 0 Å². The van der Waals surface area contributed by atoms with E-state index in [1.165, 1.54) is 5.56 Å². The fraction of sp³-hybridized carbons (Fsp3) is 0.316. The SMILES string of the molecule is C[C@H](Sc1ccc(Cl)cc1)C(=O)N[C@@H](C)CCc1ccccc1. The van der Waals surface area contributed by atoms with Gasteiger partial charge in [0.25, 0.3) is 0 Å². The Morgan fingerprint density at radius 2 is 1.74 bits per heavy atom. The maximum Gasteiger partial charge on any atom is 0.233 e. The molecule has 1 amide bonds. The lowest BCUT2D eigenvalue weighted by Gasteiger charge is -2.17. The normalized spacial score (nSPS) is 13.3. The quantitative estimate of drug-likeness (QED) is 0.717. The molecule has 1 N–H and O–H groups in total. The van der Waals surface area contributed by atoms with Gasteiger partial charge in [0.2, 0.25) is 5.91 Å². The van der Waals surface area contributed by atoms with Gasteiger partial charge in [-0.2, -0.15) is 0 Å². The summed E-state index contributed by atoms with van der Waals surface area (Å²) in [6, 6.07) is 18.1. The Balaban J connectivity index is 1.77. The monoisotopic (exact) mass is 347 g/mol. The van der Waals surface area contributed by atoms with Crippen LogP contribution in [0.1, 0.15) is 25.8 Å². The Kier molecular flexibility index (Phi) is 7.00. The van der Waals surface area contributed by atoms with E-state index >= 15 is 0 Å². The van der Waals surface area contributed by atoms with Crippen molar-refractivity contribution in [2.24, 2.45) is 0 Å². The third kappa shape index (κ3) is 6.28. The number of carbonyl (C=O) groups excluding carboxylic acids is 1. The number of amides is 1. The van der Waals surface area contributed by atoms with E-state index < -0.39 is 0 Å². The largest absolute Gasteiger partial charge is 0.353 e. The van der Waals surface area contributed by atoms with Gasteiger partial charge in [-0.05, 0) is 56.5 Å². The predicted octanol–water partition coefficient (Wildman–Crippen LogP) is 4.96. The third-order valence-electron chi connectivity index (χ3n) is 3.59. The molecule has 2 rings (SSSR count). The van der Waals surface area contributed by atoms with Gasteiger partial charge in [-0.1, -0.05) is 41.9 Å². The third-order valence-corrected chi connectivity index (χ3v) is 4.96. The molecule has 0 heterocycles. The van der Waals surface area contributed by atoms with Crippen LogP contribution in [0, 0.1) is 0 Å². The number of nitrogens with one attached hydrogen (secondary N) is 1. The smallest absolute Gasteiger partial charge is 0.233 e. The lowest BCUT2D eigenvalue weighted by molar-refractivity contribution is -0.120. The van der Waals surface area contributed by atoms with Crippen LogP contribution in [0.5, 0.6) is 0 Å². The predicted molar refractivity (Wildman–Crippen MR) is 99.1 cm³/mol.